The molecule has 3 heterocycles. The quantitative estimate of drug-likeness (QED) is 0.412. The van der Waals surface area contributed by atoms with E-state index in [2.05, 4.69) is 9.97 Å². The highest BCUT2D eigenvalue weighted by Gasteiger charge is 2.38. The summed E-state index contributed by atoms with van der Waals surface area (Å²) >= 11 is 0. The molecule has 0 spiro atoms. The molecule has 4 rings (SSSR count). The van der Waals surface area contributed by atoms with Gasteiger partial charge in [-0.2, -0.15) is 26.0 Å². The van der Waals surface area contributed by atoms with Crippen molar-refractivity contribution in [2.75, 3.05) is 37.1 Å². The van der Waals surface area contributed by atoms with Crippen LogP contribution >= 0.6 is 0 Å². The second kappa shape index (κ2) is 10.7. The molecule has 0 aliphatic carbocycles. The summed E-state index contributed by atoms with van der Waals surface area (Å²) in [7, 11) is -4.41. The number of hydrogen-bond acceptors (Lipinski definition) is 6. The summed E-state index contributed by atoms with van der Waals surface area (Å²) in [5.74, 6) is -0.265. The molecule has 1 fully saturated rings. The van der Waals surface area contributed by atoms with Crippen molar-refractivity contribution in [1.29, 1.82) is 0 Å². The lowest BCUT2D eigenvalue weighted by Crippen LogP contribution is -2.56. The number of piperazine rings is 1. The largest absolute Gasteiger partial charge is 0.418 e. The topological polar surface area (TPSA) is 69.6 Å². The van der Waals surface area contributed by atoms with E-state index in [1.165, 1.54) is 40.4 Å². The second-order valence-electron chi connectivity index (χ2n) is 8.46. The minimum absolute atomic E-state index is 0.0290. The van der Waals surface area contributed by atoms with Crippen LogP contribution in [0.3, 0.4) is 0 Å². The molecule has 1 aliphatic heterocycles. The highest BCUT2D eigenvalue weighted by atomic mass is 32.2. The molecule has 1 aromatic carbocycles. The van der Waals surface area contributed by atoms with E-state index in [1.807, 2.05) is 0 Å². The Morgan fingerprint density at radius 2 is 1.65 bits per heavy atom. The van der Waals surface area contributed by atoms with Gasteiger partial charge >= 0.3 is 6.18 Å². The fraction of sp³-hybridized carbons (Fsp3) is 0.333. The Hall–Kier alpha value is -3.16. The molecule has 0 N–H and O–H groups in total. The summed E-state index contributed by atoms with van der Waals surface area (Å²) in [6.07, 6.45) is -5.39. The SMILES string of the molecule is Cc1ccccc1-c1cc(N(N2CCN(CC(F)F)CC2)S(=O)(=O)c2ccccn2)ncc1C(F)(F)F. The summed E-state index contributed by atoms with van der Waals surface area (Å²) < 4.78 is 95.8. The summed E-state index contributed by atoms with van der Waals surface area (Å²) in [6.45, 7) is 1.51. The van der Waals surface area contributed by atoms with Gasteiger partial charge in [0.25, 0.3) is 16.4 Å². The number of pyridine rings is 2. The third-order valence-electron chi connectivity index (χ3n) is 5.96. The van der Waals surface area contributed by atoms with Crippen LogP contribution in [0.25, 0.3) is 11.1 Å². The van der Waals surface area contributed by atoms with Gasteiger partial charge in [0.15, 0.2) is 10.8 Å². The number of anilines is 1. The monoisotopic (exact) mass is 541 g/mol. The zero-order valence-corrected chi connectivity index (χ0v) is 20.6. The molecule has 0 atom stereocenters. The average molecular weight is 542 g/mol. The number of hydrazine groups is 1. The minimum Gasteiger partial charge on any atom is -0.295 e. The second-order valence-corrected chi connectivity index (χ2v) is 10.2. The molecular formula is C24H24F5N5O2S. The predicted molar refractivity (Wildman–Crippen MR) is 127 cm³/mol. The molecule has 0 bridgehead atoms. The van der Waals surface area contributed by atoms with Crippen molar-refractivity contribution in [3.63, 3.8) is 0 Å². The van der Waals surface area contributed by atoms with Crippen molar-refractivity contribution in [2.45, 2.75) is 24.6 Å². The van der Waals surface area contributed by atoms with E-state index in [4.69, 9.17) is 0 Å². The molecule has 13 heteroatoms. The van der Waals surface area contributed by atoms with E-state index in [1.54, 1.807) is 25.1 Å². The predicted octanol–water partition coefficient (Wildman–Crippen LogP) is 4.46. The Kier molecular flexibility index (Phi) is 7.76. The van der Waals surface area contributed by atoms with Gasteiger partial charge in [-0.25, -0.2) is 23.8 Å². The Bertz CT molecular complexity index is 1330. The van der Waals surface area contributed by atoms with Crippen LogP contribution < -0.4 is 4.41 Å². The lowest BCUT2D eigenvalue weighted by molar-refractivity contribution is -0.137. The lowest BCUT2D eigenvalue weighted by atomic mass is 9.97. The number of halogens is 5. The van der Waals surface area contributed by atoms with Crippen LogP contribution in [0, 0.1) is 6.92 Å². The number of rotatable bonds is 7. The molecular weight excluding hydrogens is 517 g/mol. The number of hydrogen-bond donors (Lipinski definition) is 0. The van der Waals surface area contributed by atoms with Crippen LogP contribution in [-0.2, 0) is 16.2 Å². The number of aryl methyl sites for hydroxylation is 1. The first-order valence-electron chi connectivity index (χ1n) is 11.3. The molecule has 3 aromatic rings. The number of benzene rings is 1. The van der Waals surface area contributed by atoms with Crippen molar-refractivity contribution in [1.82, 2.24) is 19.9 Å². The molecule has 0 saturated carbocycles. The van der Waals surface area contributed by atoms with E-state index < -0.39 is 34.7 Å². The summed E-state index contributed by atoms with van der Waals surface area (Å²) in [5.41, 5.74) is -0.407. The normalized spacial score (nSPS) is 15.8. The van der Waals surface area contributed by atoms with Gasteiger partial charge in [0.2, 0.25) is 0 Å². The first-order chi connectivity index (χ1) is 17.5. The maximum absolute atomic E-state index is 13.9. The van der Waals surface area contributed by atoms with E-state index in [9.17, 15) is 30.4 Å². The van der Waals surface area contributed by atoms with Crippen LogP contribution in [0.2, 0.25) is 0 Å². The molecule has 1 saturated heterocycles. The first kappa shape index (κ1) is 26.9. The molecule has 0 amide bonds. The minimum atomic E-state index is -4.74. The van der Waals surface area contributed by atoms with Crippen molar-refractivity contribution in [3.8, 4) is 11.1 Å². The summed E-state index contributed by atoms with van der Waals surface area (Å²) in [5, 5.41) is 1.05. The van der Waals surface area contributed by atoms with Gasteiger partial charge < -0.3 is 0 Å². The van der Waals surface area contributed by atoms with Gasteiger partial charge in [-0.3, -0.25) is 4.90 Å². The van der Waals surface area contributed by atoms with Crippen LogP contribution in [0.5, 0.6) is 0 Å². The number of alkyl halides is 5. The maximum atomic E-state index is 13.9. The lowest BCUT2D eigenvalue weighted by Gasteiger charge is -2.40. The highest BCUT2D eigenvalue weighted by Crippen LogP contribution is 2.40. The highest BCUT2D eigenvalue weighted by molar-refractivity contribution is 7.92. The fourth-order valence-electron chi connectivity index (χ4n) is 4.18. The van der Waals surface area contributed by atoms with E-state index >= 15 is 0 Å². The van der Waals surface area contributed by atoms with Gasteiger partial charge in [-0.05, 0) is 41.8 Å². The number of aromatic nitrogens is 2. The summed E-state index contributed by atoms with van der Waals surface area (Å²) in [6, 6.07) is 11.8. The van der Waals surface area contributed by atoms with Crippen LogP contribution in [0.1, 0.15) is 11.1 Å². The van der Waals surface area contributed by atoms with E-state index in [-0.39, 0.29) is 48.1 Å². The van der Waals surface area contributed by atoms with Gasteiger partial charge in [0.05, 0.1) is 12.1 Å². The molecule has 37 heavy (non-hydrogen) atoms. The van der Waals surface area contributed by atoms with Gasteiger partial charge in [0, 0.05) is 38.6 Å². The van der Waals surface area contributed by atoms with Crippen LogP contribution in [-0.4, -0.2) is 67.4 Å². The Balaban J connectivity index is 1.84. The molecule has 0 unspecified atom stereocenters. The van der Waals surface area contributed by atoms with Gasteiger partial charge in [-0.15, -0.1) is 0 Å². The van der Waals surface area contributed by atoms with Crippen molar-refractivity contribution in [3.05, 3.63) is 72.1 Å². The number of sulfonamides is 1. The average Bonchev–Trinajstić information content (AvgIpc) is 2.85. The van der Waals surface area contributed by atoms with Gasteiger partial charge in [0.1, 0.15) is 0 Å². The first-order valence-corrected chi connectivity index (χ1v) is 12.8. The van der Waals surface area contributed by atoms with Crippen LogP contribution in [0.4, 0.5) is 27.8 Å². The Labute approximate surface area is 211 Å². The van der Waals surface area contributed by atoms with E-state index in [0.29, 0.717) is 11.8 Å². The zero-order chi connectivity index (χ0) is 26.8. The third-order valence-corrected chi connectivity index (χ3v) is 7.60. The molecule has 2 aromatic heterocycles. The number of nitrogens with zero attached hydrogens (tertiary/aromatic N) is 5. The smallest absolute Gasteiger partial charge is 0.295 e. The van der Waals surface area contributed by atoms with Gasteiger partial charge in [-0.1, -0.05) is 30.3 Å². The fourth-order valence-corrected chi connectivity index (χ4v) is 5.61. The standard InChI is InChI=1S/C24H24F5N5O2S/c1-17-6-2-3-7-18(17)19-14-22(31-15-20(19)24(27,28)29)34(37(35,36)23-8-4-5-9-30-23)33-12-10-32(11-13-33)16-21(25)26/h2-9,14-15,21H,10-13,16H2,1H3. The maximum Gasteiger partial charge on any atom is 0.418 e. The molecule has 1 aliphatic rings. The Morgan fingerprint density at radius 3 is 2.24 bits per heavy atom. The van der Waals surface area contributed by atoms with E-state index in [0.717, 1.165) is 10.5 Å². The molecule has 7 nitrogen and oxygen atoms in total. The zero-order valence-electron chi connectivity index (χ0n) is 19.7. The molecule has 0 radical (unpaired) electrons. The van der Waals surface area contributed by atoms with Crippen molar-refractivity contribution in [2.24, 2.45) is 0 Å². The third kappa shape index (κ3) is 5.89. The molecule has 198 valence electrons. The van der Waals surface area contributed by atoms with Crippen molar-refractivity contribution >= 4 is 15.8 Å². The Morgan fingerprint density at radius 1 is 0.973 bits per heavy atom. The van der Waals surface area contributed by atoms with Crippen molar-refractivity contribution < 1.29 is 30.4 Å². The summed E-state index contributed by atoms with van der Waals surface area (Å²) in [4.78, 5) is 9.33. The van der Waals surface area contributed by atoms with Crippen LogP contribution in [0.15, 0.2) is 66.0 Å².